The summed E-state index contributed by atoms with van der Waals surface area (Å²) in [5, 5.41) is 0.680. The van der Waals surface area contributed by atoms with Crippen molar-refractivity contribution in [2.75, 3.05) is 0 Å². The van der Waals surface area contributed by atoms with Gasteiger partial charge in [0.25, 0.3) is 5.56 Å². The van der Waals surface area contributed by atoms with Crippen molar-refractivity contribution < 1.29 is 4.42 Å². The van der Waals surface area contributed by atoms with E-state index >= 15 is 0 Å². The largest absolute Gasteiger partial charge is 0.466 e. The van der Waals surface area contributed by atoms with E-state index in [-0.39, 0.29) is 5.56 Å². The molecule has 1 aromatic heterocycles. The van der Waals surface area contributed by atoms with Gasteiger partial charge in [0.15, 0.2) is 5.82 Å². The fraction of sp³-hybridized carbons (Fsp3) is 0.120. The van der Waals surface area contributed by atoms with Crippen LogP contribution in [0.1, 0.15) is 28.5 Å². The summed E-state index contributed by atoms with van der Waals surface area (Å²) in [6.07, 6.45) is 2.69. The lowest BCUT2D eigenvalue weighted by atomic mass is 10.1. The van der Waals surface area contributed by atoms with E-state index in [4.69, 9.17) is 21.0 Å². The summed E-state index contributed by atoms with van der Waals surface area (Å²) >= 11 is 6.41. The van der Waals surface area contributed by atoms with E-state index in [9.17, 15) is 4.79 Å². The smallest absolute Gasteiger partial charge is 0.278 e. The van der Waals surface area contributed by atoms with E-state index < -0.39 is 0 Å². The van der Waals surface area contributed by atoms with Gasteiger partial charge in [-0.05, 0) is 36.2 Å². The van der Waals surface area contributed by atoms with E-state index in [0.29, 0.717) is 29.4 Å². The summed E-state index contributed by atoms with van der Waals surface area (Å²) in [7, 11) is 0. The van der Waals surface area contributed by atoms with Crippen molar-refractivity contribution in [2.24, 2.45) is 0 Å². The number of H-pyrrole nitrogens is 1. The van der Waals surface area contributed by atoms with Crippen molar-refractivity contribution in [3.05, 3.63) is 117 Å². The molecule has 2 aliphatic rings. The first-order valence-corrected chi connectivity index (χ1v) is 10.4. The highest BCUT2D eigenvalue weighted by Gasteiger charge is 2.21. The molecule has 5 nitrogen and oxygen atoms in total. The third-order valence-corrected chi connectivity index (χ3v) is 5.66. The average molecular weight is 430 g/mol. The van der Waals surface area contributed by atoms with Crippen LogP contribution < -0.4 is 5.56 Å². The Labute approximate surface area is 184 Å². The van der Waals surface area contributed by atoms with Crippen molar-refractivity contribution in [3.8, 4) is 17.1 Å². The first-order chi connectivity index (χ1) is 15.1. The lowest BCUT2D eigenvalue weighted by Crippen LogP contribution is -2.17. The van der Waals surface area contributed by atoms with Gasteiger partial charge in [-0.2, -0.15) is 0 Å². The number of halogens is 1. The maximum absolute atomic E-state index is 13.2. The van der Waals surface area contributed by atoms with Crippen LogP contribution in [0.15, 0.2) is 82.1 Å². The normalized spacial score (nSPS) is 11.3. The molecule has 0 saturated heterocycles. The highest BCUT2D eigenvalue weighted by atomic mass is 35.5. The third kappa shape index (κ3) is 3.80. The molecule has 0 aliphatic carbocycles. The molecule has 0 amide bonds. The Morgan fingerprint density at radius 2 is 1.77 bits per heavy atom. The minimum atomic E-state index is -0.143. The number of furan rings is 1. The van der Waals surface area contributed by atoms with E-state index in [0.717, 1.165) is 34.0 Å². The van der Waals surface area contributed by atoms with Gasteiger partial charge in [0.1, 0.15) is 17.2 Å². The van der Waals surface area contributed by atoms with Crippen LogP contribution in [0.25, 0.3) is 17.1 Å². The van der Waals surface area contributed by atoms with Gasteiger partial charge in [-0.1, -0.05) is 60.1 Å². The lowest BCUT2D eigenvalue weighted by Gasteiger charge is -2.14. The monoisotopic (exact) mass is 429 g/mol. The maximum atomic E-state index is 13.2. The number of fused-ring (bicyclic) bond motifs is 1. The predicted octanol–water partition coefficient (Wildman–Crippen LogP) is 5.40. The fourth-order valence-electron chi connectivity index (χ4n) is 3.76. The summed E-state index contributed by atoms with van der Waals surface area (Å²) < 4.78 is 7.28. The Morgan fingerprint density at radius 3 is 2.52 bits per heavy atom. The van der Waals surface area contributed by atoms with Crippen LogP contribution in [0.2, 0.25) is 5.02 Å². The number of hydrogen-bond donors (Lipinski definition) is 1. The second kappa shape index (κ2) is 7.93. The SMILES string of the molecule is Cc1ccc(Cc2nc3c(Cc4ccccc4Cl)[nH]c(-c4ccccc4)cn-3c2=O)o1. The van der Waals surface area contributed by atoms with E-state index in [1.54, 1.807) is 4.57 Å². The van der Waals surface area contributed by atoms with Crippen molar-refractivity contribution in [2.45, 2.75) is 19.8 Å². The second-order valence-corrected chi connectivity index (χ2v) is 7.93. The van der Waals surface area contributed by atoms with E-state index in [2.05, 4.69) is 4.98 Å². The van der Waals surface area contributed by atoms with Gasteiger partial charge in [0.2, 0.25) is 0 Å². The topological polar surface area (TPSA) is 63.8 Å². The number of hydrogen-bond acceptors (Lipinski definition) is 3. The molecule has 0 atom stereocenters. The molecule has 5 rings (SSSR count). The van der Waals surface area contributed by atoms with Crippen LogP contribution in [0.3, 0.4) is 0 Å². The summed E-state index contributed by atoms with van der Waals surface area (Å²) in [6, 6.07) is 21.4. The average Bonchev–Trinajstić information content (AvgIpc) is 3.33. The number of imidazole rings is 1. The summed E-state index contributed by atoms with van der Waals surface area (Å²) in [4.78, 5) is 21.4. The van der Waals surface area contributed by atoms with Gasteiger partial charge < -0.3 is 9.40 Å². The molecular weight excluding hydrogens is 410 g/mol. The molecule has 154 valence electrons. The van der Waals surface area contributed by atoms with Crippen LogP contribution in [0.5, 0.6) is 0 Å². The van der Waals surface area contributed by atoms with Crippen LogP contribution >= 0.6 is 11.6 Å². The zero-order valence-electron chi connectivity index (χ0n) is 16.9. The first kappa shape index (κ1) is 19.4. The number of aryl methyl sites for hydroxylation is 1. The molecule has 31 heavy (non-hydrogen) atoms. The van der Waals surface area contributed by atoms with Crippen molar-refractivity contribution in [3.63, 3.8) is 0 Å². The van der Waals surface area contributed by atoms with Gasteiger partial charge >= 0.3 is 0 Å². The van der Waals surface area contributed by atoms with E-state index in [1.165, 1.54) is 0 Å². The number of aromatic nitrogens is 3. The Bertz CT molecular complexity index is 1380. The van der Waals surface area contributed by atoms with Gasteiger partial charge in [-0.25, -0.2) is 4.98 Å². The van der Waals surface area contributed by atoms with E-state index in [1.807, 2.05) is 79.9 Å². The molecule has 3 heterocycles. The molecule has 1 N–H and O–H groups in total. The second-order valence-electron chi connectivity index (χ2n) is 7.53. The van der Waals surface area contributed by atoms with Crippen LogP contribution in [-0.2, 0) is 12.8 Å². The number of rotatable bonds is 5. The molecule has 0 fully saturated rings. The van der Waals surface area contributed by atoms with Crippen LogP contribution in [0.4, 0.5) is 0 Å². The highest BCUT2D eigenvalue weighted by Crippen LogP contribution is 2.26. The maximum Gasteiger partial charge on any atom is 0.278 e. The van der Waals surface area contributed by atoms with Crippen LogP contribution in [0, 0.1) is 6.92 Å². The molecule has 0 spiro atoms. The molecule has 0 radical (unpaired) electrons. The molecule has 3 aromatic rings. The molecule has 6 heteroatoms. The first-order valence-electron chi connectivity index (χ1n) is 10.1. The summed E-state index contributed by atoms with van der Waals surface area (Å²) in [6.45, 7) is 1.88. The Morgan fingerprint density at radius 1 is 1.00 bits per heavy atom. The zero-order chi connectivity index (χ0) is 21.4. The van der Waals surface area contributed by atoms with Gasteiger partial charge in [-0.3, -0.25) is 9.36 Å². The quantitative estimate of drug-likeness (QED) is 0.406. The highest BCUT2D eigenvalue weighted by molar-refractivity contribution is 6.31. The number of benzene rings is 2. The zero-order valence-corrected chi connectivity index (χ0v) is 17.7. The molecule has 0 saturated carbocycles. The molecular formula is C25H20ClN3O2. The molecule has 0 unspecified atom stereocenters. The minimum absolute atomic E-state index is 0.143. The summed E-state index contributed by atoms with van der Waals surface area (Å²) in [5.74, 6) is 2.13. The standard InChI is InChI=1S/C25H20ClN3O2/c1-16-11-12-19(31-16)14-22-25(30)29-15-23(17-7-3-2-4-8-17)27-21(24(29)28-22)13-18-9-5-6-10-20(18)26/h2-12,15,27H,13-14H2,1H3. The Balaban J connectivity index is 1.66. The molecule has 2 aliphatic heterocycles. The Hall–Kier alpha value is -3.57. The number of nitrogens with one attached hydrogen (secondary N) is 1. The third-order valence-electron chi connectivity index (χ3n) is 5.30. The number of aromatic amines is 1. The van der Waals surface area contributed by atoms with Gasteiger partial charge in [0, 0.05) is 17.6 Å². The van der Waals surface area contributed by atoms with Gasteiger partial charge in [0.05, 0.1) is 17.8 Å². The predicted molar refractivity (Wildman–Crippen MR) is 121 cm³/mol. The van der Waals surface area contributed by atoms with Crippen molar-refractivity contribution in [1.82, 2.24) is 14.5 Å². The molecule has 2 aromatic carbocycles. The molecule has 0 bridgehead atoms. The van der Waals surface area contributed by atoms with Gasteiger partial charge in [-0.15, -0.1) is 0 Å². The fourth-order valence-corrected chi connectivity index (χ4v) is 3.96. The minimum Gasteiger partial charge on any atom is -0.466 e. The van der Waals surface area contributed by atoms with Crippen molar-refractivity contribution >= 4 is 11.6 Å². The Kier molecular flexibility index (Phi) is 4.96. The van der Waals surface area contributed by atoms with Crippen LogP contribution in [-0.4, -0.2) is 14.5 Å². The summed E-state index contributed by atoms with van der Waals surface area (Å²) in [5.41, 5.74) is 3.93. The van der Waals surface area contributed by atoms with Crippen molar-refractivity contribution in [1.29, 1.82) is 0 Å². The number of nitrogens with zero attached hydrogens (tertiary/aromatic N) is 2. The lowest BCUT2D eigenvalue weighted by molar-refractivity contribution is 0.491.